The Bertz CT molecular complexity index is 318. The zero-order chi connectivity index (χ0) is 11.7. The summed E-state index contributed by atoms with van der Waals surface area (Å²) in [6.45, 7) is 5.28. The van der Waals surface area contributed by atoms with Crippen LogP contribution >= 0.6 is 0 Å². The molecule has 0 aromatic rings. The first-order chi connectivity index (χ1) is 7.65. The minimum atomic E-state index is -0.198. The van der Waals surface area contributed by atoms with Crippen molar-refractivity contribution in [2.24, 2.45) is 0 Å². The predicted molar refractivity (Wildman–Crippen MR) is 59.9 cm³/mol. The van der Waals surface area contributed by atoms with Crippen molar-refractivity contribution in [2.45, 2.75) is 39.0 Å². The molecule has 1 saturated heterocycles. The van der Waals surface area contributed by atoms with Gasteiger partial charge in [0.2, 0.25) is 0 Å². The molecule has 2 rings (SSSR count). The van der Waals surface area contributed by atoms with Crippen molar-refractivity contribution in [3.63, 3.8) is 0 Å². The third kappa shape index (κ3) is 1.87. The van der Waals surface area contributed by atoms with E-state index in [1.54, 1.807) is 12.0 Å². The molecule has 0 aromatic heterocycles. The van der Waals surface area contributed by atoms with Crippen LogP contribution in [0.1, 0.15) is 26.7 Å². The molecule has 0 radical (unpaired) electrons. The monoisotopic (exact) mass is 225 g/mol. The summed E-state index contributed by atoms with van der Waals surface area (Å²) in [4.78, 5) is 13.8. The van der Waals surface area contributed by atoms with Crippen molar-refractivity contribution in [3.05, 3.63) is 11.1 Å². The average Bonchev–Trinajstić information content (AvgIpc) is 2.84. The van der Waals surface area contributed by atoms with E-state index in [-0.39, 0.29) is 18.2 Å². The normalized spacial score (nSPS) is 30.7. The summed E-state index contributed by atoms with van der Waals surface area (Å²) in [5.41, 5.74) is 1.83. The number of ether oxygens (including phenoxy) is 2. The quantitative estimate of drug-likeness (QED) is 0.727. The number of carbonyl (C=O) groups is 1. The van der Waals surface area contributed by atoms with Crippen LogP contribution in [-0.2, 0) is 14.3 Å². The molecule has 2 aliphatic rings. The van der Waals surface area contributed by atoms with Gasteiger partial charge in [0, 0.05) is 19.3 Å². The third-order valence-corrected chi connectivity index (χ3v) is 3.47. The Balaban J connectivity index is 2.06. The van der Waals surface area contributed by atoms with Gasteiger partial charge in [-0.3, -0.25) is 4.79 Å². The maximum atomic E-state index is 12.0. The Labute approximate surface area is 96.2 Å². The molecule has 0 spiro atoms. The van der Waals surface area contributed by atoms with Gasteiger partial charge in [-0.15, -0.1) is 0 Å². The highest BCUT2D eigenvalue weighted by Crippen LogP contribution is 2.27. The van der Waals surface area contributed by atoms with E-state index in [1.165, 1.54) is 0 Å². The number of rotatable bonds is 3. The molecule has 1 amide bonds. The summed E-state index contributed by atoms with van der Waals surface area (Å²) in [6.07, 6.45) is 2.12. The highest BCUT2D eigenvalue weighted by molar-refractivity contribution is 5.96. The van der Waals surface area contributed by atoms with Crippen LogP contribution in [0.25, 0.3) is 0 Å². The van der Waals surface area contributed by atoms with Gasteiger partial charge >= 0.3 is 0 Å². The smallest absolute Gasteiger partial charge is 0.251 e. The van der Waals surface area contributed by atoms with Gasteiger partial charge in [-0.2, -0.15) is 0 Å². The van der Waals surface area contributed by atoms with Gasteiger partial charge in [0.1, 0.15) is 0 Å². The number of nitrogens with zero attached hydrogens (tertiary/aromatic N) is 1. The molecule has 0 unspecified atom stereocenters. The first-order valence-electron chi connectivity index (χ1n) is 5.78. The second kappa shape index (κ2) is 4.55. The van der Waals surface area contributed by atoms with E-state index >= 15 is 0 Å². The van der Waals surface area contributed by atoms with Gasteiger partial charge in [0.15, 0.2) is 6.23 Å². The lowest BCUT2D eigenvalue weighted by molar-refractivity contribution is -0.135. The van der Waals surface area contributed by atoms with E-state index in [1.807, 2.05) is 13.8 Å². The molecular weight excluding hydrogens is 206 g/mol. The topological polar surface area (TPSA) is 38.8 Å². The van der Waals surface area contributed by atoms with E-state index in [0.717, 1.165) is 30.6 Å². The summed E-state index contributed by atoms with van der Waals surface area (Å²) in [6, 6.07) is 0. The van der Waals surface area contributed by atoms with Crippen molar-refractivity contribution < 1.29 is 14.3 Å². The summed E-state index contributed by atoms with van der Waals surface area (Å²) in [7, 11) is 1.64. The molecule has 2 atom stereocenters. The van der Waals surface area contributed by atoms with Crippen molar-refractivity contribution in [2.75, 3.05) is 20.3 Å². The lowest BCUT2D eigenvalue weighted by atomic mass is 10.2. The third-order valence-electron chi connectivity index (χ3n) is 3.47. The van der Waals surface area contributed by atoms with Crippen molar-refractivity contribution in [1.29, 1.82) is 0 Å². The van der Waals surface area contributed by atoms with Crippen molar-refractivity contribution >= 4 is 5.91 Å². The molecule has 2 aliphatic heterocycles. The Morgan fingerprint density at radius 1 is 1.50 bits per heavy atom. The highest BCUT2D eigenvalue weighted by Gasteiger charge is 2.36. The second-order valence-corrected chi connectivity index (χ2v) is 4.49. The molecule has 16 heavy (non-hydrogen) atoms. The molecule has 0 aliphatic carbocycles. The average molecular weight is 225 g/mol. The maximum Gasteiger partial charge on any atom is 0.251 e. The van der Waals surface area contributed by atoms with E-state index in [9.17, 15) is 4.79 Å². The number of carbonyl (C=O) groups excluding carboxylic acids is 1. The number of hydrogen-bond donors (Lipinski definition) is 0. The van der Waals surface area contributed by atoms with Gasteiger partial charge in [-0.05, 0) is 32.3 Å². The van der Waals surface area contributed by atoms with Crippen LogP contribution in [0.5, 0.6) is 0 Å². The second-order valence-electron chi connectivity index (χ2n) is 4.49. The highest BCUT2D eigenvalue weighted by atomic mass is 16.5. The summed E-state index contributed by atoms with van der Waals surface area (Å²) in [5.74, 6) is 0.0832. The largest absolute Gasteiger partial charge is 0.376 e. The van der Waals surface area contributed by atoms with E-state index in [4.69, 9.17) is 9.47 Å². The standard InChI is InChI=1S/C12H19NO3/c1-8-9(2)12(15-3)13(11(8)14)7-10-5-4-6-16-10/h10,12H,4-7H2,1-3H3/t10-,12+/m1/s1. The molecular formula is C12H19NO3. The molecule has 0 aromatic carbocycles. The molecule has 4 heteroatoms. The summed E-state index contributed by atoms with van der Waals surface area (Å²) < 4.78 is 10.9. The Morgan fingerprint density at radius 2 is 2.25 bits per heavy atom. The Morgan fingerprint density at radius 3 is 2.81 bits per heavy atom. The molecule has 4 nitrogen and oxygen atoms in total. The van der Waals surface area contributed by atoms with Crippen molar-refractivity contribution in [3.8, 4) is 0 Å². The zero-order valence-electron chi connectivity index (χ0n) is 10.2. The van der Waals surface area contributed by atoms with Crippen LogP contribution < -0.4 is 0 Å². The SMILES string of the molecule is CO[C@H]1C(C)=C(C)C(=O)N1C[C@H]1CCCO1. The molecule has 0 bridgehead atoms. The molecule has 0 N–H and O–H groups in total. The van der Waals surface area contributed by atoms with Gasteiger partial charge in [-0.25, -0.2) is 0 Å². The number of methoxy groups -OCH3 is 1. The molecule has 0 saturated carbocycles. The first-order valence-corrected chi connectivity index (χ1v) is 5.78. The fourth-order valence-corrected chi connectivity index (χ4v) is 2.40. The van der Waals surface area contributed by atoms with Crippen LogP contribution in [0.4, 0.5) is 0 Å². The number of amides is 1. The zero-order valence-corrected chi connectivity index (χ0v) is 10.2. The molecule has 2 heterocycles. The van der Waals surface area contributed by atoms with Gasteiger partial charge in [0.25, 0.3) is 5.91 Å². The lowest BCUT2D eigenvalue weighted by Gasteiger charge is -2.27. The fraction of sp³-hybridized carbons (Fsp3) is 0.750. The minimum Gasteiger partial charge on any atom is -0.376 e. The summed E-state index contributed by atoms with van der Waals surface area (Å²) in [5, 5.41) is 0. The Kier molecular flexibility index (Phi) is 3.30. The van der Waals surface area contributed by atoms with Crippen LogP contribution in [0.15, 0.2) is 11.1 Å². The Hall–Kier alpha value is -0.870. The predicted octanol–water partition coefficient (Wildman–Crippen LogP) is 1.32. The minimum absolute atomic E-state index is 0.0832. The van der Waals surface area contributed by atoms with E-state index in [0.29, 0.717) is 6.54 Å². The maximum absolute atomic E-state index is 12.0. The van der Waals surface area contributed by atoms with Crippen LogP contribution in [0.3, 0.4) is 0 Å². The fourth-order valence-electron chi connectivity index (χ4n) is 2.40. The molecule has 90 valence electrons. The van der Waals surface area contributed by atoms with E-state index < -0.39 is 0 Å². The first kappa shape index (κ1) is 11.6. The number of hydrogen-bond acceptors (Lipinski definition) is 3. The van der Waals surface area contributed by atoms with Gasteiger partial charge < -0.3 is 14.4 Å². The lowest BCUT2D eigenvalue weighted by Crippen LogP contribution is -2.41. The van der Waals surface area contributed by atoms with Gasteiger partial charge in [-0.1, -0.05) is 0 Å². The van der Waals surface area contributed by atoms with E-state index in [2.05, 4.69) is 0 Å². The summed E-state index contributed by atoms with van der Waals surface area (Å²) >= 11 is 0. The molecule has 1 fully saturated rings. The van der Waals surface area contributed by atoms with Gasteiger partial charge in [0.05, 0.1) is 12.6 Å². The van der Waals surface area contributed by atoms with Crippen LogP contribution in [0.2, 0.25) is 0 Å². The van der Waals surface area contributed by atoms with Crippen LogP contribution in [-0.4, -0.2) is 43.4 Å². The van der Waals surface area contributed by atoms with Crippen molar-refractivity contribution in [1.82, 2.24) is 4.90 Å². The van der Waals surface area contributed by atoms with Crippen LogP contribution in [0, 0.1) is 0 Å².